The van der Waals surface area contributed by atoms with Crippen LogP contribution in [0.5, 0.6) is 5.88 Å². The largest absolute Gasteiger partial charge is 0.492 e. The molecule has 0 spiro atoms. The smallest absolute Gasteiger partial charge is 0.230 e. The highest BCUT2D eigenvalue weighted by Gasteiger charge is 2.33. The summed E-state index contributed by atoms with van der Waals surface area (Å²) >= 11 is 1.47. The average molecular weight is 318 g/mol. The normalized spacial score (nSPS) is 21.4. The quantitative estimate of drug-likeness (QED) is 0.804. The number of aromatic nitrogens is 3. The van der Waals surface area contributed by atoms with E-state index in [1.807, 2.05) is 12.1 Å². The maximum absolute atomic E-state index is 10.5. The predicted molar refractivity (Wildman–Crippen MR) is 83.1 cm³/mol. The van der Waals surface area contributed by atoms with Crippen LogP contribution < -0.4 is 0 Å². The first kappa shape index (κ1) is 13.8. The van der Waals surface area contributed by atoms with E-state index in [1.165, 1.54) is 35.0 Å². The number of fused-ring (bicyclic) bond motifs is 1. The van der Waals surface area contributed by atoms with Crippen LogP contribution in [0.2, 0.25) is 0 Å². The number of rotatable bonds is 3. The molecule has 2 atom stereocenters. The van der Waals surface area contributed by atoms with Crippen LogP contribution in [-0.4, -0.2) is 37.7 Å². The SMILES string of the molecule is C[C@H]1CCCN([C@@H](c2ccco2)c2sc3ncnn3c2O)C1. The molecule has 3 aromatic heterocycles. The van der Waals surface area contributed by atoms with Gasteiger partial charge in [0.15, 0.2) is 0 Å². The second-order valence-corrected chi connectivity index (χ2v) is 6.91. The van der Waals surface area contributed by atoms with Crippen molar-refractivity contribution in [3.63, 3.8) is 0 Å². The summed E-state index contributed by atoms with van der Waals surface area (Å²) in [5, 5.41) is 14.6. The Labute approximate surface area is 132 Å². The van der Waals surface area contributed by atoms with Gasteiger partial charge in [0.2, 0.25) is 10.8 Å². The number of aromatic hydroxyl groups is 1. The van der Waals surface area contributed by atoms with E-state index in [0.717, 1.165) is 23.7 Å². The van der Waals surface area contributed by atoms with E-state index in [0.29, 0.717) is 10.9 Å². The molecule has 0 radical (unpaired) electrons. The summed E-state index contributed by atoms with van der Waals surface area (Å²) in [5.41, 5.74) is 0. The highest BCUT2D eigenvalue weighted by molar-refractivity contribution is 7.17. The van der Waals surface area contributed by atoms with Crippen molar-refractivity contribution in [1.82, 2.24) is 19.5 Å². The summed E-state index contributed by atoms with van der Waals surface area (Å²) in [6, 6.07) is 3.79. The van der Waals surface area contributed by atoms with Gasteiger partial charge in [-0.05, 0) is 37.4 Å². The van der Waals surface area contributed by atoms with Gasteiger partial charge in [-0.2, -0.15) is 9.61 Å². The van der Waals surface area contributed by atoms with Gasteiger partial charge in [-0.15, -0.1) is 0 Å². The van der Waals surface area contributed by atoms with Crippen LogP contribution >= 0.6 is 11.3 Å². The van der Waals surface area contributed by atoms with E-state index in [9.17, 15) is 5.11 Å². The van der Waals surface area contributed by atoms with E-state index in [4.69, 9.17) is 4.42 Å². The Balaban J connectivity index is 1.79. The van der Waals surface area contributed by atoms with Gasteiger partial charge in [-0.1, -0.05) is 18.3 Å². The third-order valence-corrected chi connectivity index (χ3v) is 5.34. The number of hydrogen-bond donors (Lipinski definition) is 1. The van der Waals surface area contributed by atoms with Gasteiger partial charge in [0, 0.05) is 6.54 Å². The lowest BCUT2D eigenvalue weighted by Crippen LogP contribution is -2.37. The van der Waals surface area contributed by atoms with Gasteiger partial charge in [0.05, 0.1) is 11.1 Å². The summed E-state index contributed by atoms with van der Waals surface area (Å²) in [4.78, 5) is 8.12. The molecule has 3 aromatic rings. The van der Waals surface area contributed by atoms with Crippen molar-refractivity contribution in [1.29, 1.82) is 0 Å². The number of nitrogens with zero attached hydrogens (tertiary/aromatic N) is 4. The molecule has 1 aliphatic rings. The Kier molecular flexibility index (Phi) is 3.38. The molecule has 0 unspecified atom stereocenters. The standard InChI is InChI=1S/C15H18N4O2S/c1-10-4-2-6-18(8-10)12(11-5-3-7-21-11)13-14(20)19-15(22-13)16-9-17-19/h3,5,7,9-10,12,20H,2,4,6,8H2,1H3/t10-,12-/m0/s1. The van der Waals surface area contributed by atoms with Crippen LogP contribution in [0.25, 0.3) is 4.96 Å². The Bertz CT molecular complexity index is 764. The molecule has 4 rings (SSSR count). The zero-order valence-electron chi connectivity index (χ0n) is 12.3. The first-order chi connectivity index (χ1) is 10.7. The second-order valence-electron chi connectivity index (χ2n) is 5.90. The molecule has 22 heavy (non-hydrogen) atoms. The van der Waals surface area contributed by atoms with Gasteiger partial charge >= 0.3 is 0 Å². The third-order valence-electron chi connectivity index (χ3n) is 4.25. The Hall–Kier alpha value is -1.86. The summed E-state index contributed by atoms with van der Waals surface area (Å²) in [5.74, 6) is 1.67. The van der Waals surface area contributed by atoms with Crippen LogP contribution in [0.1, 0.15) is 36.4 Å². The van der Waals surface area contributed by atoms with E-state index >= 15 is 0 Å². The summed E-state index contributed by atoms with van der Waals surface area (Å²) in [6.45, 7) is 4.27. The van der Waals surface area contributed by atoms with E-state index in [-0.39, 0.29) is 11.9 Å². The molecule has 0 aliphatic carbocycles. The molecule has 7 heteroatoms. The topological polar surface area (TPSA) is 66.8 Å². The van der Waals surface area contributed by atoms with Gasteiger partial charge in [-0.25, -0.2) is 4.98 Å². The fraction of sp³-hybridized carbons (Fsp3) is 0.467. The minimum Gasteiger partial charge on any atom is -0.492 e. The van der Waals surface area contributed by atoms with E-state index < -0.39 is 0 Å². The molecular formula is C15H18N4O2S. The second kappa shape index (κ2) is 5.40. The van der Waals surface area contributed by atoms with Crippen molar-refractivity contribution in [2.75, 3.05) is 13.1 Å². The van der Waals surface area contributed by atoms with Gasteiger partial charge in [0.25, 0.3) is 0 Å². The fourth-order valence-electron chi connectivity index (χ4n) is 3.25. The molecule has 1 fully saturated rings. The Morgan fingerprint density at radius 2 is 2.41 bits per heavy atom. The highest BCUT2D eigenvalue weighted by Crippen LogP contribution is 2.41. The monoisotopic (exact) mass is 318 g/mol. The zero-order valence-corrected chi connectivity index (χ0v) is 13.2. The molecule has 0 aromatic carbocycles. The summed E-state index contributed by atoms with van der Waals surface area (Å²) in [7, 11) is 0. The van der Waals surface area contributed by atoms with Gasteiger partial charge in [0.1, 0.15) is 18.1 Å². The average Bonchev–Trinajstić information content (AvgIpc) is 3.21. The number of piperidine rings is 1. The number of likely N-dealkylation sites (tertiary alicyclic amines) is 1. The molecule has 1 N–H and O–H groups in total. The molecule has 116 valence electrons. The van der Waals surface area contributed by atoms with Crippen LogP contribution in [-0.2, 0) is 0 Å². The van der Waals surface area contributed by atoms with E-state index in [1.54, 1.807) is 6.26 Å². The van der Waals surface area contributed by atoms with Crippen molar-refractivity contribution in [3.05, 3.63) is 35.4 Å². The minimum absolute atomic E-state index is 0.0775. The molecule has 6 nitrogen and oxygen atoms in total. The highest BCUT2D eigenvalue weighted by atomic mass is 32.1. The van der Waals surface area contributed by atoms with Gasteiger partial charge < -0.3 is 9.52 Å². The van der Waals surface area contributed by atoms with Crippen molar-refractivity contribution < 1.29 is 9.52 Å². The summed E-state index contributed by atoms with van der Waals surface area (Å²) < 4.78 is 7.16. The molecule has 0 bridgehead atoms. The van der Waals surface area contributed by atoms with Gasteiger partial charge in [-0.3, -0.25) is 4.90 Å². The van der Waals surface area contributed by atoms with Crippen LogP contribution in [0, 0.1) is 5.92 Å². The number of hydrogen-bond acceptors (Lipinski definition) is 6. The molecule has 1 aliphatic heterocycles. The number of thiazole rings is 1. The lowest BCUT2D eigenvalue weighted by molar-refractivity contribution is 0.136. The minimum atomic E-state index is -0.0775. The lowest BCUT2D eigenvalue weighted by Gasteiger charge is -2.35. The zero-order chi connectivity index (χ0) is 15.1. The van der Waals surface area contributed by atoms with Crippen molar-refractivity contribution in [2.45, 2.75) is 25.8 Å². The van der Waals surface area contributed by atoms with Crippen LogP contribution in [0.15, 0.2) is 29.1 Å². The molecular weight excluding hydrogens is 300 g/mol. The Morgan fingerprint density at radius 3 is 3.14 bits per heavy atom. The molecule has 4 heterocycles. The third kappa shape index (κ3) is 2.21. The van der Waals surface area contributed by atoms with Crippen molar-refractivity contribution >= 4 is 16.3 Å². The lowest BCUT2D eigenvalue weighted by atomic mass is 9.97. The van der Waals surface area contributed by atoms with Crippen LogP contribution in [0.3, 0.4) is 0 Å². The fourth-order valence-corrected chi connectivity index (χ4v) is 4.33. The molecule has 0 amide bonds. The van der Waals surface area contributed by atoms with E-state index in [2.05, 4.69) is 21.9 Å². The number of furan rings is 1. The Morgan fingerprint density at radius 1 is 1.50 bits per heavy atom. The molecule has 0 saturated carbocycles. The predicted octanol–water partition coefficient (Wildman–Crippen LogP) is 2.91. The summed E-state index contributed by atoms with van der Waals surface area (Å²) in [6.07, 6.45) is 5.56. The maximum Gasteiger partial charge on any atom is 0.230 e. The van der Waals surface area contributed by atoms with Crippen molar-refractivity contribution in [2.24, 2.45) is 5.92 Å². The first-order valence-corrected chi connectivity index (χ1v) is 8.34. The maximum atomic E-state index is 10.5. The van der Waals surface area contributed by atoms with Crippen LogP contribution in [0.4, 0.5) is 0 Å². The molecule has 1 saturated heterocycles. The van der Waals surface area contributed by atoms with Crippen molar-refractivity contribution in [3.8, 4) is 5.88 Å². The first-order valence-electron chi connectivity index (χ1n) is 7.53.